The summed E-state index contributed by atoms with van der Waals surface area (Å²) in [4.78, 5) is 2.21. The lowest BCUT2D eigenvalue weighted by Gasteiger charge is -2.34. The Balaban J connectivity index is 1.49. The van der Waals surface area contributed by atoms with Crippen LogP contribution in [-0.2, 0) is 16.7 Å². The second-order valence-corrected chi connectivity index (χ2v) is 9.38. The van der Waals surface area contributed by atoms with Crippen LogP contribution in [0.3, 0.4) is 0 Å². The molecule has 0 aliphatic carbocycles. The first-order valence-electron chi connectivity index (χ1n) is 9.71. The molecule has 0 amide bonds. The number of hydrogen-bond donors (Lipinski definition) is 0. The number of ether oxygens (including phenoxy) is 2. The van der Waals surface area contributed by atoms with Crippen molar-refractivity contribution in [2.45, 2.75) is 11.6 Å². The molecule has 4 rings (SSSR count). The highest BCUT2D eigenvalue weighted by Gasteiger charge is 2.31. The van der Waals surface area contributed by atoms with E-state index in [1.807, 2.05) is 24.3 Å². The van der Waals surface area contributed by atoms with Crippen LogP contribution in [0.1, 0.15) is 0 Å². The van der Waals surface area contributed by atoms with Gasteiger partial charge in [-0.25, -0.2) is 13.1 Å². The molecule has 1 fully saturated rings. The number of benzene rings is 2. The van der Waals surface area contributed by atoms with Crippen LogP contribution in [0.5, 0.6) is 11.5 Å². The van der Waals surface area contributed by atoms with Gasteiger partial charge in [0.15, 0.2) is 0 Å². The van der Waals surface area contributed by atoms with E-state index in [0.29, 0.717) is 49.0 Å². The van der Waals surface area contributed by atoms with Gasteiger partial charge in [-0.1, -0.05) is 29.6 Å². The average Bonchev–Trinajstić information content (AvgIpc) is 2.81. The highest BCUT2D eigenvalue weighted by molar-refractivity contribution is 7.89. The number of rotatable bonds is 6. The predicted octanol–water partition coefficient (Wildman–Crippen LogP) is 2.14. The van der Waals surface area contributed by atoms with Crippen LogP contribution in [0.15, 0.2) is 47.4 Å². The van der Waals surface area contributed by atoms with Crippen LogP contribution >= 0.6 is 12.2 Å². The Morgan fingerprint density at radius 1 is 1.03 bits per heavy atom. The van der Waals surface area contributed by atoms with Gasteiger partial charge in [-0.3, -0.25) is 4.90 Å². The second kappa shape index (κ2) is 8.87. The summed E-state index contributed by atoms with van der Waals surface area (Å²) in [5.41, 5.74) is 0.756. The van der Waals surface area contributed by atoms with E-state index in [-0.39, 0.29) is 4.90 Å². The molecule has 31 heavy (non-hydrogen) atoms. The van der Waals surface area contributed by atoms with E-state index in [1.54, 1.807) is 16.8 Å². The van der Waals surface area contributed by atoms with Crippen molar-refractivity contribution < 1.29 is 17.9 Å². The van der Waals surface area contributed by atoms with Crippen molar-refractivity contribution in [1.82, 2.24) is 24.2 Å². The normalized spacial score (nSPS) is 15.8. The number of fused-ring (bicyclic) bond motifs is 1. The Morgan fingerprint density at radius 3 is 2.48 bits per heavy atom. The molecular formula is C20H23N5O4S2. The smallest absolute Gasteiger partial charge is 0.246 e. The summed E-state index contributed by atoms with van der Waals surface area (Å²) < 4.78 is 40.7. The summed E-state index contributed by atoms with van der Waals surface area (Å²) >= 11 is 5.56. The van der Waals surface area contributed by atoms with Crippen molar-refractivity contribution >= 4 is 33.1 Å². The Morgan fingerprint density at radius 2 is 1.77 bits per heavy atom. The molecule has 1 aromatic heterocycles. The van der Waals surface area contributed by atoms with Gasteiger partial charge in [-0.05, 0) is 24.3 Å². The van der Waals surface area contributed by atoms with Gasteiger partial charge in [0.25, 0.3) is 0 Å². The second-order valence-electron chi connectivity index (χ2n) is 7.09. The number of piperazine rings is 1. The van der Waals surface area contributed by atoms with Crippen LogP contribution in [0, 0.1) is 4.64 Å². The molecule has 1 saturated heterocycles. The maximum Gasteiger partial charge on any atom is 0.246 e. The number of methoxy groups -OCH3 is 2. The fourth-order valence-electron chi connectivity index (χ4n) is 3.54. The lowest BCUT2D eigenvalue weighted by atomic mass is 10.2. The average molecular weight is 462 g/mol. The molecule has 0 atom stereocenters. The van der Waals surface area contributed by atoms with E-state index in [2.05, 4.69) is 15.2 Å². The molecule has 3 aromatic rings. The zero-order chi connectivity index (χ0) is 22.0. The Labute approximate surface area is 185 Å². The lowest BCUT2D eigenvalue weighted by molar-refractivity contribution is 0.142. The van der Waals surface area contributed by atoms with E-state index >= 15 is 0 Å². The van der Waals surface area contributed by atoms with Gasteiger partial charge in [-0.15, -0.1) is 5.10 Å². The summed E-state index contributed by atoms with van der Waals surface area (Å²) in [6.07, 6.45) is 0. The van der Waals surface area contributed by atoms with Gasteiger partial charge in [0.2, 0.25) is 10.0 Å². The van der Waals surface area contributed by atoms with Gasteiger partial charge in [0.1, 0.15) is 21.0 Å². The molecule has 9 nitrogen and oxygen atoms in total. The van der Waals surface area contributed by atoms with Gasteiger partial charge >= 0.3 is 0 Å². The Kier molecular flexibility index (Phi) is 6.19. The van der Waals surface area contributed by atoms with Crippen molar-refractivity contribution in [3.63, 3.8) is 0 Å². The first kappa shape index (κ1) is 21.6. The fraction of sp³-hybridized carbons (Fsp3) is 0.350. The van der Waals surface area contributed by atoms with E-state index in [1.165, 1.54) is 24.6 Å². The van der Waals surface area contributed by atoms with Crippen LogP contribution in [0.2, 0.25) is 0 Å². The van der Waals surface area contributed by atoms with Crippen molar-refractivity contribution in [3.8, 4) is 11.5 Å². The minimum absolute atomic E-state index is 0.102. The standard InChI is InChI=1S/C20H23N5O4S2/c1-28-15-7-8-18(29-2)19(13-15)31(26,27)24-11-9-23(10-12-24)14-25-20(30)16-5-3-4-6-17(16)21-22-25/h3-8,13H,9-12,14H2,1-2H3. The molecule has 2 heterocycles. The monoisotopic (exact) mass is 461 g/mol. The van der Waals surface area contributed by atoms with E-state index in [9.17, 15) is 8.42 Å². The minimum atomic E-state index is -3.72. The molecule has 164 valence electrons. The van der Waals surface area contributed by atoms with Crippen molar-refractivity contribution in [1.29, 1.82) is 0 Å². The maximum absolute atomic E-state index is 13.2. The third-order valence-electron chi connectivity index (χ3n) is 5.28. The molecule has 1 aliphatic heterocycles. The quantitative estimate of drug-likeness (QED) is 0.516. The molecule has 0 saturated carbocycles. The topological polar surface area (TPSA) is 89.8 Å². The highest BCUT2D eigenvalue weighted by atomic mass is 32.2. The third-order valence-corrected chi connectivity index (χ3v) is 7.63. The molecule has 0 spiro atoms. The summed E-state index contributed by atoms with van der Waals surface area (Å²) in [6, 6.07) is 12.4. The number of sulfonamides is 1. The Bertz CT molecular complexity index is 1250. The zero-order valence-electron chi connectivity index (χ0n) is 17.3. The number of hydrogen-bond acceptors (Lipinski definition) is 8. The zero-order valence-corrected chi connectivity index (χ0v) is 18.9. The summed E-state index contributed by atoms with van der Waals surface area (Å²) in [6.45, 7) is 2.23. The third kappa shape index (κ3) is 4.26. The minimum Gasteiger partial charge on any atom is -0.497 e. The summed E-state index contributed by atoms with van der Waals surface area (Å²) in [5.74, 6) is 0.753. The molecule has 0 unspecified atom stereocenters. The van der Waals surface area contributed by atoms with Gasteiger partial charge < -0.3 is 9.47 Å². The van der Waals surface area contributed by atoms with Crippen molar-refractivity contribution in [2.75, 3.05) is 40.4 Å². The van der Waals surface area contributed by atoms with E-state index < -0.39 is 10.0 Å². The number of nitrogens with zero attached hydrogens (tertiary/aromatic N) is 5. The number of aromatic nitrogens is 3. The van der Waals surface area contributed by atoms with Gasteiger partial charge in [0, 0.05) is 37.6 Å². The van der Waals surface area contributed by atoms with Crippen molar-refractivity contribution in [2.24, 2.45) is 0 Å². The predicted molar refractivity (Wildman–Crippen MR) is 118 cm³/mol. The molecule has 0 N–H and O–H groups in total. The van der Waals surface area contributed by atoms with Crippen molar-refractivity contribution in [3.05, 3.63) is 47.1 Å². The lowest BCUT2D eigenvalue weighted by Crippen LogP contribution is -2.49. The fourth-order valence-corrected chi connectivity index (χ4v) is 5.40. The molecule has 11 heteroatoms. The first-order chi connectivity index (χ1) is 14.9. The SMILES string of the molecule is COc1ccc(OC)c(S(=O)(=O)N2CCN(Cn3nnc4ccccc4c3=S)CC2)c1. The molecule has 0 bridgehead atoms. The summed E-state index contributed by atoms with van der Waals surface area (Å²) in [7, 11) is -0.775. The highest BCUT2D eigenvalue weighted by Crippen LogP contribution is 2.31. The molecule has 2 aromatic carbocycles. The van der Waals surface area contributed by atoms with Gasteiger partial charge in [-0.2, -0.15) is 4.31 Å². The first-order valence-corrected chi connectivity index (χ1v) is 11.6. The van der Waals surface area contributed by atoms with Crippen LogP contribution < -0.4 is 9.47 Å². The summed E-state index contributed by atoms with van der Waals surface area (Å²) in [5, 5.41) is 9.31. The molecule has 0 radical (unpaired) electrons. The Hall–Kier alpha value is -2.60. The molecule has 1 aliphatic rings. The largest absolute Gasteiger partial charge is 0.497 e. The van der Waals surface area contributed by atoms with Crippen LogP contribution in [0.4, 0.5) is 0 Å². The van der Waals surface area contributed by atoms with Gasteiger partial charge in [0.05, 0.1) is 26.4 Å². The van der Waals surface area contributed by atoms with E-state index in [4.69, 9.17) is 21.7 Å². The van der Waals surface area contributed by atoms with Crippen LogP contribution in [0.25, 0.3) is 10.9 Å². The molecular weight excluding hydrogens is 438 g/mol. The maximum atomic E-state index is 13.2. The van der Waals surface area contributed by atoms with Crippen LogP contribution in [-0.4, -0.2) is 73.0 Å². The van der Waals surface area contributed by atoms with E-state index in [0.717, 1.165) is 10.9 Å².